The van der Waals surface area contributed by atoms with Gasteiger partial charge in [0.25, 0.3) is 0 Å². The molecule has 3 aromatic rings. The van der Waals surface area contributed by atoms with Gasteiger partial charge in [-0.3, -0.25) is 14.6 Å². The predicted molar refractivity (Wildman–Crippen MR) is 124 cm³/mol. The highest BCUT2D eigenvalue weighted by molar-refractivity contribution is 7.46. The molecule has 0 saturated carbocycles. The first-order chi connectivity index (χ1) is 15.5. The fourth-order valence-corrected chi connectivity index (χ4v) is 4.89. The summed E-state index contributed by atoms with van der Waals surface area (Å²) in [5.74, 6) is -1.61. The Morgan fingerprint density at radius 1 is 1.30 bits per heavy atom. The standard InChI is InChI=1S/C21H20BClNO8P/c1-24-6-5-10(15(27)9-24)18-13(25)8-17(32-33(28,29)30)20-14(26)7-16(31-21(18)20)19-11(22)3-2-4-12(19)23/h2-4,7-8,10,15,25,27H,5-6,9H2,1H3,(H2,28,29,30). The molecule has 2 atom stereocenters. The summed E-state index contributed by atoms with van der Waals surface area (Å²) in [5, 5.41) is 21.4. The molecule has 0 spiro atoms. The van der Waals surface area contributed by atoms with Crippen LogP contribution < -0.4 is 15.4 Å². The van der Waals surface area contributed by atoms with Crippen molar-refractivity contribution in [1.29, 1.82) is 0 Å². The zero-order valence-corrected chi connectivity index (χ0v) is 19.1. The number of benzene rings is 2. The average Bonchev–Trinajstić information content (AvgIpc) is 2.67. The van der Waals surface area contributed by atoms with Gasteiger partial charge in [-0.1, -0.05) is 29.2 Å². The minimum absolute atomic E-state index is 0.00741. The molecule has 2 unspecified atom stereocenters. The molecule has 1 aliphatic rings. The summed E-state index contributed by atoms with van der Waals surface area (Å²) in [6.07, 6.45) is -0.466. The second-order valence-electron chi connectivity index (χ2n) is 8.00. The number of phosphoric ester groups is 1. The van der Waals surface area contributed by atoms with E-state index in [4.69, 9.17) is 23.9 Å². The number of aromatic hydroxyl groups is 1. The van der Waals surface area contributed by atoms with Gasteiger partial charge in [-0.15, -0.1) is 0 Å². The molecule has 0 bridgehead atoms. The van der Waals surface area contributed by atoms with Gasteiger partial charge in [0.1, 0.15) is 36.1 Å². The number of hydrogen-bond acceptors (Lipinski definition) is 7. The highest BCUT2D eigenvalue weighted by Crippen LogP contribution is 2.47. The summed E-state index contributed by atoms with van der Waals surface area (Å²) in [5.41, 5.74) is -0.258. The lowest BCUT2D eigenvalue weighted by Crippen LogP contribution is -2.40. The molecule has 172 valence electrons. The molecule has 4 rings (SSSR count). The largest absolute Gasteiger partial charge is 0.524 e. The fourth-order valence-electron chi connectivity index (χ4n) is 4.22. The van der Waals surface area contributed by atoms with E-state index in [9.17, 15) is 29.4 Å². The van der Waals surface area contributed by atoms with Gasteiger partial charge >= 0.3 is 7.82 Å². The number of likely N-dealkylation sites (N-methyl/N-ethyl adjacent to an activating group) is 1. The predicted octanol–water partition coefficient (Wildman–Crippen LogP) is 1.86. The molecular weight excluding hydrogens is 471 g/mol. The normalized spacial score (nSPS) is 19.7. The Labute approximate surface area is 194 Å². The molecule has 2 heterocycles. The number of β-amino-alcohol motifs (C(OH)–C–C–N with tert-alkyl or cyclic N) is 1. The van der Waals surface area contributed by atoms with E-state index in [0.29, 0.717) is 19.5 Å². The summed E-state index contributed by atoms with van der Waals surface area (Å²) >= 11 is 6.28. The Balaban J connectivity index is 2.05. The van der Waals surface area contributed by atoms with E-state index in [1.54, 1.807) is 18.2 Å². The van der Waals surface area contributed by atoms with Crippen LogP contribution in [0.15, 0.2) is 39.5 Å². The third-order valence-electron chi connectivity index (χ3n) is 5.65. The number of likely N-dealkylation sites (tertiary alicyclic amines) is 1. The number of phosphoric acid groups is 1. The first kappa shape index (κ1) is 23.8. The number of hydrogen-bond donors (Lipinski definition) is 4. The van der Waals surface area contributed by atoms with Crippen molar-refractivity contribution < 1.29 is 33.5 Å². The number of piperidine rings is 1. The first-order valence-electron chi connectivity index (χ1n) is 9.96. The second kappa shape index (κ2) is 8.79. The van der Waals surface area contributed by atoms with Crippen LogP contribution in [0.4, 0.5) is 0 Å². The molecule has 2 aromatic carbocycles. The number of phenols is 1. The van der Waals surface area contributed by atoms with E-state index in [2.05, 4.69) is 4.52 Å². The number of aliphatic hydroxyl groups is 1. The lowest BCUT2D eigenvalue weighted by molar-refractivity contribution is 0.0630. The van der Waals surface area contributed by atoms with Gasteiger partial charge in [0.2, 0.25) is 0 Å². The molecule has 1 aliphatic heterocycles. The lowest BCUT2D eigenvalue weighted by atomic mass is 9.85. The van der Waals surface area contributed by atoms with E-state index < -0.39 is 36.8 Å². The fraction of sp³-hybridized carbons (Fsp3) is 0.286. The van der Waals surface area contributed by atoms with E-state index >= 15 is 0 Å². The number of rotatable bonds is 4. The molecule has 0 aliphatic carbocycles. The number of halogens is 1. The Kier molecular flexibility index (Phi) is 6.35. The highest BCUT2D eigenvalue weighted by Gasteiger charge is 2.34. The summed E-state index contributed by atoms with van der Waals surface area (Å²) in [4.78, 5) is 33.7. The molecule has 4 N–H and O–H groups in total. The molecule has 33 heavy (non-hydrogen) atoms. The molecule has 12 heteroatoms. The maximum atomic E-state index is 13.2. The van der Waals surface area contributed by atoms with Crippen LogP contribution in [0.2, 0.25) is 5.02 Å². The van der Waals surface area contributed by atoms with E-state index in [1.165, 1.54) is 0 Å². The van der Waals surface area contributed by atoms with Crippen molar-refractivity contribution in [3.63, 3.8) is 0 Å². The van der Waals surface area contributed by atoms with E-state index in [-0.39, 0.29) is 38.3 Å². The Bertz CT molecular complexity index is 1320. The minimum atomic E-state index is -5.07. The number of phenolic OH excluding ortho intramolecular Hbond substituents is 1. The van der Waals surface area contributed by atoms with Crippen LogP contribution in [-0.4, -0.2) is 59.0 Å². The summed E-state index contributed by atoms with van der Waals surface area (Å²) < 4.78 is 22.2. The van der Waals surface area contributed by atoms with Crippen LogP contribution in [0.25, 0.3) is 22.3 Å². The zero-order chi connectivity index (χ0) is 24.1. The van der Waals surface area contributed by atoms with Crippen molar-refractivity contribution in [2.24, 2.45) is 0 Å². The first-order valence-corrected chi connectivity index (χ1v) is 11.9. The lowest BCUT2D eigenvalue weighted by Gasteiger charge is -2.34. The number of fused-ring (bicyclic) bond motifs is 1. The maximum Gasteiger partial charge on any atom is 0.524 e. The van der Waals surface area contributed by atoms with E-state index in [1.807, 2.05) is 11.9 Å². The summed E-state index contributed by atoms with van der Waals surface area (Å²) in [6, 6.07) is 6.78. The van der Waals surface area contributed by atoms with Crippen LogP contribution in [0.1, 0.15) is 17.9 Å². The smallest absolute Gasteiger partial charge is 0.507 e. The zero-order valence-electron chi connectivity index (χ0n) is 17.4. The van der Waals surface area contributed by atoms with Gasteiger partial charge in [-0.05, 0) is 26.1 Å². The molecular formula is C21H20BClNO8P. The van der Waals surface area contributed by atoms with Gasteiger partial charge in [-0.2, -0.15) is 0 Å². The van der Waals surface area contributed by atoms with Crippen molar-refractivity contribution >= 4 is 43.7 Å². The van der Waals surface area contributed by atoms with Crippen molar-refractivity contribution in [2.45, 2.75) is 18.4 Å². The highest BCUT2D eigenvalue weighted by atomic mass is 35.5. The average molecular weight is 492 g/mol. The van der Waals surface area contributed by atoms with Crippen LogP contribution in [-0.2, 0) is 4.57 Å². The summed E-state index contributed by atoms with van der Waals surface area (Å²) in [6.45, 7) is 0.915. The van der Waals surface area contributed by atoms with Crippen molar-refractivity contribution in [2.75, 3.05) is 20.1 Å². The van der Waals surface area contributed by atoms with E-state index in [0.717, 1.165) is 12.1 Å². The second-order valence-corrected chi connectivity index (χ2v) is 9.57. The Morgan fingerprint density at radius 3 is 2.67 bits per heavy atom. The van der Waals surface area contributed by atoms with Crippen molar-refractivity contribution in [3.8, 4) is 22.8 Å². The minimum Gasteiger partial charge on any atom is -0.507 e. The Hall–Kier alpha value is -2.33. The van der Waals surface area contributed by atoms with Crippen LogP contribution in [0.5, 0.6) is 11.5 Å². The van der Waals surface area contributed by atoms with Crippen molar-refractivity contribution in [1.82, 2.24) is 4.90 Å². The van der Waals surface area contributed by atoms with Gasteiger partial charge in [-0.25, -0.2) is 4.57 Å². The molecule has 1 fully saturated rings. The van der Waals surface area contributed by atoms with Gasteiger partial charge < -0.3 is 24.1 Å². The molecule has 1 saturated heterocycles. The summed E-state index contributed by atoms with van der Waals surface area (Å²) in [7, 11) is 2.81. The monoisotopic (exact) mass is 491 g/mol. The van der Waals surface area contributed by atoms with Gasteiger partial charge in [0.05, 0.1) is 11.1 Å². The van der Waals surface area contributed by atoms with Crippen molar-refractivity contribution in [3.05, 3.63) is 51.1 Å². The van der Waals surface area contributed by atoms with Crippen LogP contribution in [0.3, 0.4) is 0 Å². The molecule has 2 radical (unpaired) electrons. The molecule has 1 aromatic heterocycles. The van der Waals surface area contributed by atoms with Gasteiger partial charge in [0.15, 0.2) is 5.43 Å². The third kappa shape index (κ3) is 4.68. The number of nitrogens with zero attached hydrogens (tertiary/aromatic N) is 1. The van der Waals surface area contributed by atoms with Gasteiger partial charge in [0, 0.05) is 35.7 Å². The molecule has 9 nitrogen and oxygen atoms in total. The molecule has 0 amide bonds. The Morgan fingerprint density at radius 2 is 2.03 bits per heavy atom. The topological polar surface area (TPSA) is 141 Å². The van der Waals surface area contributed by atoms with Crippen LogP contribution >= 0.6 is 19.4 Å². The quantitative estimate of drug-likeness (QED) is 0.318. The number of aliphatic hydroxyl groups excluding tert-OH is 1. The SMILES string of the molecule is [B]c1cccc(Cl)c1-c1cc(=O)c2c(OP(=O)(O)O)cc(O)c(C3CCN(C)CC3O)c2o1. The maximum absolute atomic E-state index is 13.2. The van der Waals surface area contributed by atoms with Crippen LogP contribution in [0, 0.1) is 0 Å². The third-order valence-corrected chi connectivity index (χ3v) is 6.40.